The molecule has 0 aliphatic carbocycles. The molecular formula is C21H25ClN6O. The van der Waals surface area contributed by atoms with Crippen LogP contribution < -0.4 is 10.5 Å². The molecule has 1 saturated heterocycles. The van der Waals surface area contributed by atoms with E-state index < -0.39 is 0 Å². The Hall–Kier alpha value is -2.67. The fraction of sp³-hybridized carbons (Fsp3) is 0.429. The quantitative estimate of drug-likeness (QED) is 0.641. The number of anilines is 1. The molecular weight excluding hydrogens is 388 g/mol. The summed E-state index contributed by atoms with van der Waals surface area (Å²) in [4.78, 5) is 15.0. The van der Waals surface area contributed by atoms with Crippen LogP contribution in [0.15, 0.2) is 47.7 Å². The largest absolute Gasteiger partial charge is 0.368 e. The van der Waals surface area contributed by atoms with Gasteiger partial charge in [0.25, 0.3) is 5.56 Å². The summed E-state index contributed by atoms with van der Waals surface area (Å²) >= 11 is 6.50. The summed E-state index contributed by atoms with van der Waals surface area (Å²) in [5.41, 5.74) is 1.44. The molecule has 1 unspecified atom stereocenters. The van der Waals surface area contributed by atoms with Crippen LogP contribution in [-0.2, 0) is 6.54 Å². The lowest BCUT2D eigenvalue weighted by Crippen LogP contribution is -2.37. The van der Waals surface area contributed by atoms with Gasteiger partial charge < -0.3 is 9.47 Å². The van der Waals surface area contributed by atoms with E-state index in [1.54, 1.807) is 12.5 Å². The minimum Gasteiger partial charge on any atom is -0.368 e. The zero-order chi connectivity index (χ0) is 20.4. The smallest absolute Gasteiger partial charge is 0.287 e. The van der Waals surface area contributed by atoms with Crippen LogP contribution in [-0.4, -0.2) is 37.6 Å². The average molecular weight is 413 g/mol. The van der Waals surface area contributed by atoms with Crippen molar-refractivity contribution in [3.05, 3.63) is 69.6 Å². The molecule has 2 aromatic heterocycles. The Kier molecular flexibility index (Phi) is 5.67. The maximum atomic E-state index is 12.8. The van der Waals surface area contributed by atoms with Gasteiger partial charge >= 0.3 is 0 Å². The van der Waals surface area contributed by atoms with E-state index in [1.807, 2.05) is 30.3 Å². The van der Waals surface area contributed by atoms with Gasteiger partial charge in [-0.25, -0.2) is 4.68 Å². The highest BCUT2D eigenvalue weighted by atomic mass is 35.5. The third-order valence-electron chi connectivity index (χ3n) is 5.43. The van der Waals surface area contributed by atoms with Gasteiger partial charge in [-0.3, -0.25) is 4.79 Å². The number of hydrogen-bond donors (Lipinski definition) is 0. The summed E-state index contributed by atoms with van der Waals surface area (Å²) in [6.07, 6.45) is 5.54. The number of nitrogens with zero attached hydrogens (tertiary/aromatic N) is 6. The minimum absolute atomic E-state index is 0.224. The Labute approximate surface area is 174 Å². The van der Waals surface area contributed by atoms with Gasteiger partial charge in [-0.05, 0) is 32.3 Å². The van der Waals surface area contributed by atoms with Crippen molar-refractivity contribution in [2.24, 2.45) is 0 Å². The first-order valence-corrected chi connectivity index (χ1v) is 10.4. The molecule has 152 valence electrons. The third-order valence-corrected chi connectivity index (χ3v) is 5.78. The van der Waals surface area contributed by atoms with Gasteiger partial charge in [0.1, 0.15) is 17.2 Å². The van der Waals surface area contributed by atoms with Gasteiger partial charge in [0.2, 0.25) is 0 Å². The molecule has 0 radical (unpaired) electrons. The van der Waals surface area contributed by atoms with E-state index in [0.717, 1.165) is 37.3 Å². The summed E-state index contributed by atoms with van der Waals surface area (Å²) in [6, 6.07) is 10.1. The Morgan fingerprint density at radius 2 is 2.03 bits per heavy atom. The van der Waals surface area contributed by atoms with E-state index in [9.17, 15) is 4.79 Å². The second kappa shape index (κ2) is 8.37. The molecule has 0 spiro atoms. The van der Waals surface area contributed by atoms with Gasteiger partial charge in [0.05, 0.1) is 18.4 Å². The maximum absolute atomic E-state index is 12.8. The molecule has 1 atom stereocenters. The minimum atomic E-state index is -0.263. The van der Waals surface area contributed by atoms with Gasteiger partial charge in [-0.1, -0.05) is 41.9 Å². The van der Waals surface area contributed by atoms with Crippen molar-refractivity contribution in [1.82, 2.24) is 24.5 Å². The molecule has 7 nitrogen and oxygen atoms in total. The summed E-state index contributed by atoms with van der Waals surface area (Å²) in [7, 11) is 0. The van der Waals surface area contributed by atoms with Crippen molar-refractivity contribution in [3.8, 4) is 0 Å². The van der Waals surface area contributed by atoms with Crippen molar-refractivity contribution >= 4 is 17.3 Å². The molecule has 0 amide bonds. The molecule has 1 aliphatic heterocycles. The maximum Gasteiger partial charge on any atom is 0.287 e. The van der Waals surface area contributed by atoms with Crippen molar-refractivity contribution < 1.29 is 0 Å². The van der Waals surface area contributed by atoms with Gasteiger partial charge in [0.15, 0.2) is 0 Å². The van der Waals surface area contributed by atoms with Crippen LogP contribution in [0.3, 0.4) is 0 Å². The van der Waals surface area contributed by atoms with E-state index in [0.29, 0.717) is 18.3 Å². The lowest BCUT2D eigenvalue weighted by Gasteiger charge is -2.34. The molecule has 1 fully saturated rings. The van der Waals surface area contributed by atoms with E-state index in [-0.39, 0.29) is 16.5 Å². The zero-order valence-corrected chi connectivity index (χ0v) is 17.5. The highest BCUT2D eigenvalue weighted by Gasteiger charge is 2.28. The van der Waals surface area contributed by atoms with Crippen LogP contribution in [0.25, 0.3) is 0 Å². The lowest BCUT2D eigenvalue weighted by atomic mass is 9.96. The first kappa shape index (κ1) is 19.6. The average Bonchev–Trinajstić information content (AvgIpc) is 3.23. The second-order valence-electron chi connectivity index (χ2n) is 7.77. The lowest BCUT2D eigenvalue weighted by molar-refractivity contribution is 0.454. The molecule has 29 heavy (non-hydrogen) atoms. The Balaban J connectivity index is 1.57. The van der Waals surface area contributed by atoms with Crippen LogP contribution in [0.5, 0.6) is 0 Å². The first-order chi connectivity index (χ1) is 14.0. The number of benzene rings is 1. The monoisotopic (exact) mass is 412 g/mol. The molecule has 0 bridgehead atoms. The Bertz CT molecular complexity index is 1030. The third kappa shape index (κ3) is 4.05. The molecule has 1 aliphatic rings. The highest BCUT2D eigenvalue weighted by Crippen LogP contribution is 2.31. The van der Waals surface area contributed by atoms with E-state index in [1.165, 1.54) is 4.68 Å². The number of hydrogen-bond acceptors (Lipinski definition) is 5. The summed E-state index contributed by atoms with van der Waals surface area (Å²) < 4.78 is 3.53. The molecule has 3 heterocycles. The predicted octanol–water partition coefficient (Wildman–Crippen LogP) is 3.50. The van der Waals surface area contributed by atoms with E-state index >= 15 is 0 Å². The van der Waals surface area contributed by atoms with E-state index in [4.69, 9.17) is 11.6 Å². The summed E-state index contributed by atoms with van der Waals surface area (Å²) in [5.74, 6) is 1.24. The standard InChI is InChI=1S/C21H25ClN6O/c1-15(2)27-14-23-25-20(27)17-9-6-10-26(13-17)18-11-24-28(21(29)19(18)22)12-16-7-4-3-5-8-16/h3-5,7-8,11,14-15,17H,6,9-10,12-13H2,1-2H3. The van der Waals surface area contributed by atoms with Crippen molar-refractivity contribution in [2.45, 2.75) is 45.2 Å². The second-order valence-corrected chi connectivity index (χ2v) is 8.15. The fourth-order valence-corrected chi connectivity index (χ4v) is 4.16. The molecule has 8 heteroatoms. The molecule has 1 aromatic carbocycles. The molecule has 0 saturated carbocycles. The van der Waals surface area contributed by atoms with E-state index in [2.05, 4.69) is 38.6 Å². The first-order valence-electron chi connectivity index (χ1n) is 9.98. The molecule has 0 N–H and O–H groups in total. The Morgan fingerprint density at radius 3 is 2.79 bits per heavy atom. The van der Waals surface area contributed by atoms with Gasteiger partial charge in [-0.2, -0.15) is 5.10 Å². The van der Waals surface area contributed by atoms with Gasteiger partial charge in [-0.15, -0.1) is 10.2 Å². The topological polar surface area (TPSA) is 68.8 Å². The number of aromatic nitrogens is 5. The van der Waals surface area contributed by atoms with Gasteiger partial charge in [0, 0.05) is 25.0 Å². The number of rotatable bonds is 5. The summed E-state index contributed by atoms with van der Waals surface area (Å²) in [5, 5.41) is 13.1. The number of piperidine rings is 1. The zero-order valence-electron chi connectivity index (χ0n) is 16.7. The normalized spacial score (nSPS) is 17.1. The van der Waals surface area contributed by atoms with Crippen LogP contribution in [0, 0.1) is 0 Å². The van der Waals surface area contributed by atoms with Crippen LogP contribution >= 0.6 is 11.6 Å². The molecule has 4 rings (SSSR count). The van der Waals surface area contributed by atoms with Crippen LogP contribution in [0.4, 0.5) is 5.69 Å². The highest BCUT2D eigenvalue weighted by molar-refractivity contribution is 6.33. The Morgan fingerprint density at radius 1 is 1.24 bits per heavy atom. The fourth-order valence-electron chi connectivity index (χ4n) is 3.89. The predicted molar refractivity (Wildman–Crippen MR) is 114 cm³/mol. The van der Waals surface area contributed by atoms with Crippen molar-refractivity contribution in [2.75, 3.05) is 18.0 Å². The molecule has 3 aromatic rings. The number of halogens is 1. The SMILES string of the molecule is CC(C)n1cnnc1C1CCCN(c2cnn(Cc3ccccc3)c(=O)c2Cl)C1. The summed E-state index contributed by atoms with van der Waals surface area (Å²) in [6.45, 7) is 6.24. The van der Waals surface area contributed by atoms with Crippen molar-refractivity contribution in [3.63, 3.8) is 0 Å². The van der Waals surface area contributed by atoms with Crippen LogP contribution in [0.1, 0.15) is 50.0 Å². The van der Waals surface area contributed by atoms with Crippen LogP contribution in [0.2, 0.25) is 5.02 Å². The van der Waals surface area contributed by atoms with Crippen molar-refractivity contribution in [1.29, 1.82) is 0 Å².